The lowest BCUT2D eigenvalue weighted by molar-refractivity contribution is -0.0910. The SMILES string of the molecule is Cc1ccc(Cc2ccc(NC(N)=O)cc2)c(O[C@@H]2S[C@H](CO)[C@@H](O)[C@H](O)[C@H]2O)c1. The lowest BCUT2D eigenvalue weighted by Gasteiger charge is -2.39. The summed E-state index contributed by atoms with van der Waals surface area (Å²) in [6.07, 6.45) is -3.42. The van der Waals surface area contributed by atoms with Crippen molar-refractivity contribution in [2.24, 2.45) is 5.73 Å². The third kappa shape index (κ3) is 5.24. The first-order valence-corrected chi connectivity index (χ1v) is 10.4. The Balaban J connectivity index is 1.79. The number of urea groups is 1. The van der Waals surface area contributed by atoms with Gasteiger partial charge in [-0.15, -0.1) is 11.8 Å². The largest absolute Gasteiger partial charge is 0.477 e. The molecular weight excluding hydrogens is 408 g/mol. The van der Waals surface area contributed by atoms with Crippen LogP contribution < -0.4 is 15.8 Å². The zero-order valence-electron chi connectivity index (χ0n) is 16.4. The fourth-order valence-electron chi connectivity index (χ4n) is 3.28. The Kier molecular flexibility index (Phi) is 7.22. The van der Waals surface area contributed by atoms with Gasteiger partial charge < -0.3 is 36.2 Å². The van der Waals surface area contributed by atoms with Crippen LogP contribution in [0, 0.1) is 6.92 Å². The summed E-state index contributed by atoms with van der Waals surface area (Å²) < 4.78 is 6.04. The number of aryl methyl sites for hydroxylation is 1. The Morgan fingerprint density at radius 1 is 1.10 bits per heavy atom. The van der Waals surface area contributed by atoms with Crippen molar-refractivity contribution in [3.8, 4) is 5.75 Å². The van der Waals surface area contributed by atoms with E-state index in [1.165, 1.54) is 0 Å². The summed E-state index contributed by atoms with van der Waals surface area (Å²) in [5.74, 6) is 0.547. The van der Waals surface area contributed by atoms with Crippen LogP contribution in [0.25, 0.3) is 0 Å². The third-order valence-electron chi connectivity index (χ3n) is 4.93. The minimum atomic E-state index is -1.41. The highest BCUT2D eigenvalue weighted by molar-refractivity contribution is 8.00. The van der Waals surface area contributed by atoms with Crippen LogP contribution in [0.1, 0.15) is 16.7 Å². The van der Waals surface area contributed by atoms with Gasteiger partial charge in [-0.2, -0.15) is 0 Å². The Hall–Kier alpha value is -2.30. The fraction of sp³-hybridized carbons (Fsp3) is 0.381. The van der Waals surface area contributed by atoms with E-state index < -0.39 is 35.0 Å². The van der Waals surface area contributed by atoms with Gasteiger partial charge in [0.05, 0.1) is 18.0 Å². The van der Waals surface area contributed by atoms with Crippen molar-refractivity contribution in [2.45, 2.75) is 42.3 Å². The first-order chi connectivity index (χ1) is 14.3. The summed E-state index contributed by atoms with van der Waals surface area (Å²) in [4.78, 5) is 10.9. The minimum Gasteiger partial charge on any atom is -0.477 e. The number of primary amides is 1. The molecule has 9 heteroatoms. The third-order valence-corrected chi connectivity index (χ3v) is 6.35. The van der Waals surface area contributed by atoms with Gasteiger partial charge in [-0.05, 0) is 41.8 Å². The van der Waals surface area contributed by atoms with E-state index in [-0.39, 0.29) is 6.61 Å². The maximum atomic E-state index is 10.9. The first kappa shape index (κ1) is 22.4. The van der Waals surface area contributed by atoms with Gasteiger partial charge in [0.1, 0.15) is 18.0 Å². The molecular formula is C21H26N2O6S. The van der Waals surface area contributed by atoms with E-state index in [1.54, 1.807) is 12.1 Å². The van der Waals surface area contributed by atoms with Crippen LogP contribution in [0.2, 0.25) is 0 Å². The molecule has 1 aliphatic rings. The van der Waals surface area contributed by atoms with E-state index in [0.717, 1.165) is 28.5 Å². The Morgan fingerprint density at radius 2 is 1.80 bits per heavy atom. The van der Waals surface area contributed by atoms with E-state index >= 15 is 0 Å². The molecule has 7 N–H and O–H groups in total. The van der Waals surface area contributed by atoms with Gasteiger partial charge in [0, 0.05) is 12.1 Å². The normalized spacial score (nSPS) is 26.2. The van der Waals surface area contributed by atoms with Gasteiger partial charge in [-0.1, -0.05) is 24.3 Å². The average Bonchev–Trinajstić information content (AvgIpc) is 2.71. The molecule has 0 bridgehead atoms. The van der Waals surface area contributed by atoms with Crippen molar-refractivity contribution in [1.82, 2.24) is 0 Å². The molecule has 2 aromatic rings. The van der Waals surface area contributed by atoms with Crippen molar-refractivity contribution in [2.75, 3.05) is 11.9 Å². The highest BCUT2D eigenvalue weighted by Crippen LogP contribution is 2.36. The molecule has 3 rings (SSSR count). The topological polar surface area (TPSA) is 145 Å². The lowest BCUT2D eigenvalue weighted by atomic mass is 10.0. The highest BCUT2D eigenvalue weighted by atomic mass is 32.2. The Labute approximate surface area is 178 Å². The molecule has 1 saturated heterocycles. The van der Waals surface area contributed by atoms with Crippen LogP contribution in [0.15, 0.2) is 42.5 Å². The molecule has 30 heavy (non-hydrogen) atoms. The molecule has 162 valence electrons. The first-order valence-electron chi connectivity index (χ1n) is 9.50. The summed E-state index contributed by atoms with van der Waals surface area (Å²) in [6.45, 7) is 1.57. The Morgan fingerprint density at radius 3 is 2.43 bits per heavy atom. The quantitative estimate of drug-likeness (QED) is 0.397. The minimum absolute atomic E-state index is 0.345. The molecule has 2 aromatic carbocycles. The lowest BCUT2D eigenvalue weighted by Crippen LogP contribution is -2.55. The molecule has 8 nitrogen and oxygen atoms in total. The van der Waals surface area contributed by atoms with Gasteiger partial charge in [-0.25, -0.2) is 4.79 Å². The predicted molar refractivity (Wildman–Crippen MR) is 115 cm³/mol. The van der Waals surface area contributed by atoms with Gasteiger partial charge in [0.15, 0.2) is 5.44 Å². The molecule has 1 fully saturated rings. The van der Waals surface area contributed by atoms with Crippen molar-refractivity contribution in [3.05, 3.63) is 59.2 Å². The average molecular weight is 435 g/mol. The van der Waals surface area contributed by atoms with Crippen molar-refractivity contribution in [3.63, 3.8) is 0 Å². The Bertz CT molecular complexity index is 876. The summed E-state index contributed by atoms with van der Waals surface area (Å²) in [5.41, 5.74) is 7.67. The summed E-state index contributed by atoms with van der Waals surface area (Å²) in [7, 11) is 0. The van der Waals surface area contributed by atoms with Crippen LogP contribution in [0.3, 0.4) is 0 Å². The number of nitrogens with one attached hydrogen (secondary N) is 1. The number of carbonyl (C=O) groups is 1. The number of ether oxygens (including phenoxy) is 1. The smallest absolute Gasteiger partial charge is 0.316 e. The van der Waals surface area contributed by atoms with E-state index in [9.17, 15) is 25.2 Å². The molecule has 5 atom stereocenters. The zero-order valence-corrected chi connectivity index (χ0v) is 17.2. The van der Waals surface area contributed by atoms with Crippen LogP contribution in [-0.4, -0.2) is 62.1 Å². The second-order valence-corrected chi connectivity index (χ2v) is 8.63. The second kappa shape index (κ2) is 9.67. The van der Waals surface area contributed by atoms with Gasteiger partial charge in [-0.3, -0.25) is 0 Å². The number of aliphatic hydroxyl groups is 4. The van der Waals surface area contributed by atoms with Crippen LogP contribution in [0.4, 0.5) is 10.5 Å². The number of aliphatic hydroxyl groups excluding tert-OH is 4. The van der Waals surface area contributed by atoms with Crippen LogP contribution in [-0.2, 0) is 6.42 Å². The number of anilines is 1. The number of hydrogen-bond acceptors (Lipinski definition) is 7. The number of benzene rings is 2. The summed E-state index contributed by atoms with van der Waals surface area (Å²) in [5, 5.41) is 41.7. The molecule has 0 unspecified atom stereocenters. The molecule has 1 aliphatic heterocycles. The highest BCUT2D eigenvalue weighted by Gasteiger charge is 2.44. The van der Waals surface area contributed by atoms with E-state index in [0.29, 0.717) is 17.9 Å². The molecule has 0 spiro atoms. The van der Waals surface area contributed by atoms with Crippen molar-refractivity contribution in [1.29, 1.82) is 0 Å². The molecule has 0 aromatic heterocycles. The number of nitrogens with two attached hydrogens (primary N) is 1. The monoisotopic (exact) mass is 434 g/mol. The summed E-state index contributed by atoms with van der Waals surface area (Å²) in [6, 6.07) is 12.3. The number of hydrogen-bond donors (Lipinski definition) is 6. The molecule has 0 saturated carbocycles. The number of carbonyl (C=O) groups excluding carboxylic acids is 1. The number of thioether (sulfide) groups is 1. The van der Waals surface area contributed by atoms with E-state index in [4.69, 9.17) is 10.5 Å². The maximum absolute atomic E-state index is 10.9. The predicted octanol–water partition coefficient (Wildman–Crippen LogP) is 0.972. The number of rotatable bonds is 6. The fourth-order valence-corrected chi connectivity index (χ4v) is 4.51. The standard InChI is InChI=1S/C21H26N2O6S/c1-11-2-5-13(9-12-3-6-14(7-4-12)23-21(22)28)15(8-11)29-20-19(27)18(26)17(25)16(10-24)30-20/h2-8,16-20,24-27H,9-10H2,1H3,(H3,22,23,28)/t16-,17-,18+,19-,20-/m1/s1. The van der Waals surface area contributed by atoms with Gasteiger partial charge in [0.25, 0.3) is 0 Å². The second-order valence-electron chi connectivity index (χ2n) is 7.29. The molecule has 1 heterocycles. The molecule has 2 amide bonds. The van der Waals surface area contributed by atoms with Gasteiger partial charge >= 0.3 is 6.03 Å². The summed E-state index contributed by atoms with van der Waals surface area (Å²) >= 11 is 1.09. The molecule has 0 radical (unpaired) electrons. The van der Waals surface area contributed by atoms with Crippen LogP contribution >= 0.6 is 11.8 Å². The van der Waals surface area contributed by atoms with Gasteiger partial charge in [0.2, 0.25) is 0 Å². The van der Waals surface area contributed by atoms with E-state index in [1.807, 2.05) is 37.3 Å². The maximum Gasteiger partial charge on any atom is 0.316 e. The van der Waals surface area contributed by atoms with Crippen molar-refractivity contribution >= 4 is 23.5 Å². The van der Waals surface area contributed by atoms with Crippen LogP contribution in [0.5, 0.6) is 5.75 Å². The molecule has 0 aliphatic carbocycles. The number of amides is 2. The van der Waals surface area contributed by atoms with Crippen molar-refractivity contribution < 1.29 is 30.0 Å². The van der Waals surface area contributed by atoms with E-state index in [2.05, 4.69) is 5.32 Å². The zero-order chi connectivity index (χ0) is 21.8.